The molecule has 0 heterocycles. The van der Waals surface area contributed by atoms with Gasteiger partial charge in [0.1, 0.15) is 0 Å². The summed E-state index contributed by atoms with van der Waals surface area (Å²) in [4.78, 5) is 1.19. The van der Waals surface area contributed by atoms with Crippen molar-refractivity contribution in [3.8, 4) is 0 Å². The minimum absolute atomic E-state index is 0.486. The van der Waals surface area contributed by atoms with E-state index in [4.69, 9.17) is 11.6 Å². The summed E-state index contributed by atoms with van der Waals surface area (Å²) < 4.78 is 0. The van der Waals surface area contributed by atoms with Crippen LogP contribution in [0.1, 0.15) is 39.0 Å². The number of allylic oxidation sites excluding steroid dienone is 1. The van der Waals surface area contributed by atoms with Crippen LogP contribution in [-0.2, 0) is 0 Å². The third kappa shape index (κ3) is 4.83. The largest absolute Gasteiger partial charge is 0.310 e. The molecular formula is C17H24ClNS. The molecule has 0 radical (unpaired) electrons. The molecule has 110 valence electrons. The van der Waals surface area contributed by atoms with Gasteiger partial charge < -0.3 is 5.32 Å². The fourth-order valence-corrected chi connectivity index (χ4v) is 3.99. The van der Waals surface area contributed by atoms with Crippen LogP contribution in [0.4, 0.5) is 0 Å². The Labute approximate surface area is 132 Å². The molecule has 1 N–H and O–H groups in total. The summed E-state index contributed by atoms with van der Waals surface area (Å²) >= 11 is 8.10. The van der Waals surface area contributed by atoms with Gasteiger partial charge in [0.25, 0.3) is 0 Å². The topological polar surface area (TPSA) is 12.0 Å². The third-order valence-electron chi connectivity index (χ3n) is 3.72. The molecule has 1 nitrogen and oxygen atoms in total. The second-order valence-electron chi connectivity index (χ2n) is 5.23. The van der Waals surface area contributed by atoms with Crippen molar-refractivity contribution in [1.29, 1.82) is 0 Å². The van der Waals surface area contributed by atoms with E-state index < -0.39 is 0 Å². The first-order valence-electron chi connectivity index (χ1n) is 7.61. The number of hydrogen-bond donors (Lipinski definition) is 1. The Balaban J connectivity index is 1.98. The minimum Gasteiger partial charge on any atom is -0.310 e. The quantitative estimate of drug-likeness (QED) is 0.565. The second kappa shape index (κ2) is 8.76. The first-order valence-corrected chi connectivity index (χ1v) is 8.97. The fourth-order valence-electron chi connectivity index (χ4n) is 2.63. The summed E-state index contributed by atoms with van der Waals surface area (Å²) in [5.41, 5.74) is 1.60. The smallest absolute Gasteiger partial charge is 0.0541 e. The van der Waals surface area contributed by atoms with Gasteiger partial charge in [0.15, 0.2) is 0 Å². The first-order chi connectivity index (χ1) is 9.81. The molecule has 1 aromatic rings. The van der Waals surface area contributed by atoms with Crippen LogP contribution in [0, 0.1) is 0 Å². The normalized spacial score (nSPS) is 17.4. The maximum absolute atomic E-state index is 6.24. The Morgan fingerprint density at radius 1 is 1.25 bits per heavy atom. The SMILES string of the molecule is CCNC(CSc1ccccc1Cl)C1=CCCCCC1. The molecule has 0 saturated heterocycles. The lowest BCUT2D eigenvalue weighted by atomic mass is 10.0. The van der Waals surface area contributed by atoms with Gasteiger partial charge in [-0.2, -0.15) is 0 Å². The molecule has 0 saturated carbocycles. The number of likely N-dealkylation sites (N-methyl/N-ethyl adjacent to an activating group) is 1. The van der Waals surface area contributed by atoms with Gasteiger partial charge in [0.05, 0.1) is 5.02 Å². The van der Waals surface area contributed by atoms with Crippen molar-refractivity contribution in [2.75, 3.05) is 12.3 Å². The molecular weight excluding hydrogens is 286 g/mol. The van der Waals surface area contributed by atoms with Crippen molar-refractivity contribution >= 4 is 23.4 Å². The van der Waals surface area contributed by atoms with E-state index in [2.05, 4.69) is 30.4 Å². The van der Waals surface area contributed by atoms with Crippen LogP contribution in [-0.4, -0.2) is 18.3 Å². The maximum atomic E-state index is 6.24. The molecule has 0 amide bonds. The molecule has 20 heavy (non-hydrogen) atoms. The molecule has 1 aromatic carbocycles. The number of nitrogens with one attached hydrogen (secondary N) is 1. The van der Waals surface area contributed by atoms with E-state index in [1.165, 1.54) is 37.0 Å². The van der Waals surface area contributed by atoms with Gasteiger partial charge >= 0.3 is 0 Å². The Morgan fingerprint density at radius 2 is 2.10 bits per heavy atom. The minimum atomic E-state index is 0.486. The molecule has 0 spiro atoms. The third-order valence-corrected chi connectivity index (χ3v) is 5.33. The van der Waals surface area contributed by atoms with Gasteiger partial charge in [-0.1, -0.05) is 48.7 Å². The molecule has 0 bridgehead atoms. The molecule has 0 aliphatic heterocycles. The average Bonchev–Trinajstić information content (AvgIpc) is 2.74. The summed E-state index contributed by atoms with van der Waals surface area (Å²) in [5.74, 6) is 1.06. The number of hydrogen-bond acceptors (Lipinski definition) is 2. The van der Waals surface area contributed by atoms with Gasteiger partial charge in [0.2, 0.25) is 0 Å². The summed E-state index contributed by atoms with van der Waals surface area (Å²) in [6.45, 7) is 3.20. The zero-order valence-corrected chi connectivity index (χ0v) is 13.8. The second-order valence-corrected chi connectivity index (χ2v) is 6.70. The van der Waals surface area contributed by atoms with Gasteiger partial charge in [-0.25, -0.2) is 0 Å². The zero-order chi connectivity index (χ0) is 14.2. The van der Waals surface area contributed by atoms with Gasteiger partial charge in [0, 0.05) is 16.7 Å². The lowest BCUT2D eigenvalue weighted by Gasteiger charge is -2.21. The Kier molecular flexibility index (Phi) is 6.98. The predicted octanol–water partition coefficient (Wildman–Crippen LogP) is 5.30. The standard InChI is InChI=1S/C17H24ClNS/c1-2-19-16(14-9-5-3-4-6-10-14)13-20-17-12-8-7-11-15(17)18/h7-9,11-12,16,19H,2-6,10,13H2,1H3. The molecule has 1 unspecified atom stereocenters. The first kappa shape index (κ1) is 15.9. The van der Waals surface area contributed by atoms with E-state index >= 15 is 0 Å². The fraction of sp³-hybridized carbons (Fsp3) is 0.529. The van der Waals surface area contributed by atoms with E-state index in [0.717, 1.165) is 17.3 Å². The summed E-state index contributed by atoms with van der Waals surface area (Å²) in [6, 6.07) is 8.61. The Hall–Kier alpha value is -0.440. The van der Waals surface area contributed by atoms with Crippen molar-refractivity contribution in [2.24, 2.45) is 0 Å². The number of thioether (sulfide) groups is 1. The van der Waals surface area contributed by atoms with Crippen LogP contribution in [0.3, 0.4) is 0 Å². The van der Waals surface area contributed by atoms with Crippen molar-refractivity contribution in [2.45, 2.75) is 50.0 Å². The van der Waals surface area contributed by atoms with E-state index in [-0.39, 0.29) is 0 Å². The summed E-state index contributed by atoms with van der Waals surface area (Å²) in [6.07, 6.45) is 9.02. The van der Waals surface area contributed by atoms with Crippen LogP contribution in [0.15, 0.2) is 40.8 Å². The van der Waals surface area contributed by atoms with Gasteiger partial charge in [-0.15, -0.1) is 11.8 Å². The summed E-state index contributed by atoms with van der Waals surface area (Å²) in [7, 11) is 0. The van der Waals surface area contributed by atoms with Crippen molar-refractivity contribution in [3.63, 3.8) is 0 Å². The lowest BCUT2D eigenvalue weighted by Crippen LogP contribution is -2.33. The van der Waals surface area contributed by atoms with Crippen molar-refractivity contribution in [1.82, 2.24) is 5.32 Å². The van der Waals surface area contributed by atoms with Gasteiger partial charge in [-0.3, -0.25) is 0 Å². The molecule has 1 atom stereocenters. The highest BCUT2D eigenvalue weighted by molar-refractivity contribution is 7.99. The van der Waals surface area contributed by atoms with Crippen LogP contribution < -0.4 is 5.32 Å². The maximum Gasteiger partial charge on any atom is 0.0541 e. The predicted molar refractivity (Wildman–Crippen MR) is 90.8 cm³/mol. The Morgan fingerprint density at radius 3 is 2.90 bits per heavy atom. The highest BCUT2D eigenvalue weighted by Crippen LogP contribution is 2.29. The van der Waals surface area contributed by atoms with Crippen LogP contribution in [0.5, 0.6) is 0 Å². The molecule has 0 fully saturated rings. The van der Waals surface area contributed by atoms with E-state index in [1.807, 2.05) is 23.9 Å². The van der Waals surface area contributed by atoms with Crippen LogP contribution in [0.25, 0.3) is 0 Å². The zero-order valence-electron chi connectivity index (χ0n) is 12.2. The monoisotopic (exact) mass is 309 g/mol. The van der Waals surface area contributed by atoms with Crippen LogP contribution >= 0.6 is 23.4 Å². The Bertz CT molecular complexity index is 444. The van der Waals surface area contributed by atoms with E-state index in [1.54, 1.807) is 5.57 Å². The van der Waals surface area contributed by atoms with Crippen molar-refractivity contribution < 1.29 is 0 Å². The van der Waals surface area contributed by atoms with Crippen molar-refractivity contribution in [3.05, 3.63) is 40.9 Å². The average molecular weight is 310 g/mol. The molecule has 0 aromatic heterocycles. The molecule has 2 rings (SSSR count). The molecule has 1 aliphatic carbocycles. The van der Waals surface area contributed by atoms with E-state index in [0.29, 0.717) is 6.04 Å². The van der Waals surface area contributed by atoms with E-state index in [9.17, 15) is 0 Å². The highest BCUT2D eigenvalue weighted by atomic mass is 35.5. The number of rotatable bonds is 6. The van der Waals surface area contributed by atoms with Gasteiger partial charge in [-0.05, 0) is 44.4 Å². The summed E-state index contributed by atoms with van der Waals surface area (Å²) in [5, 5.41) is 4.50. The molecule has 3 heteroatoms. The number of halogens is 1. The van der Waals surface area contributed by atoms with Crippen LogP contribution in [0.2, 0.25) is 5.02 Å². The highest BCUT2D eigenvalue weighted by Gasteiger charge is 2.15. The lowest BCUT2D eigenvalue weighted by molar-refractivity contribution is 0.608. The number of benzene rings is 1. The molecule has 1 aliphatic rings.